The Morgan fingerprint density at radius 2 is 1.80 bits per heavy atom. The molecule has 11 heteroatoms. The van der Waals surface area contributed by atoms with Crippen LogP contribution in [0.5, 0.6) is 0 Å². The average molecular weight is 428 g/mol. The fourth-order valence-electron chi connectivity index (χ4n) is 2.79. The highest BCUT2D eigenvalue weighted by atomic mass is 19.4. The zero-order valence-electron chi connectivity index (χ0n) is 15.3. The molecule has 2 heterocycles. The Morgan fingerprint density at radius 3 is 2.40 bits per heavy atom. The molecule has 0 fully saturated rings. The Balaban J connectivity index is 1.88. The van der Waals surface area contributed by atoms with Crippen molar-refractivity contribution in [2.24, 2.45) is 0 Å². The summed E-state index contributed by atoms with van der Waals surface area (Å²) in [6.45, 7) is 1.36. The first-order valence-electron chi connectivity index (χ1n) is 8.51. The van der Waals surface area contributed by atoms with E-state index in [1.54, 1.807) is 12.1 Å². The van der Waals surface area contributed by atoms with E-state index < -0.39 is 35.4 Å². The second-order valence-corrected chi connectivity index (χ2v) is 6.35. The fraction of sp³-hybridized carbons (Fsp3) is 0.211. The number of hydrogen-bond acceptors (Lipinski definition) is 3. The molecular weight excluding hydrogens is 414 g/mol. The third-order valence-electron chi connectivity index (χ3n) is 4.29. The van der Waals surface area contributed by atoms with Crippen molar-refractivity contribution in [2.45, 2.75) is 25.3 Å². The summed E-state index contributed by atoms with van der Waals surface area (Å²) < 4.78 is 79.8. The number of aromatic nitrogens is 3. The van der Waals surface area contributed by atoms with Crippen molar-refractivity contribution in [3.8, 4) is 0 Å². The molecule has 0 aliphatic carbocycles. The lowest BCUT2D eigenvalue weighted by atomic mass is 9.98. The van der Waals surface area contributed by atoms with Gasteiger partial charge in [0.25, 0.3) is 5.91 Å². The normalized spacial score (nSPS) is 13.2. The van der Waals surface area contributed by atoms with Crippen molar-refractivity contribution < 1.29 is 31.1 Å². The van der Waals surface area contributed by atoms with Crippen molar-refractivity contribution in [1.29, 1.82) is 0 Å². The van der Waals surface area contributed by atoms with Gasteiger partial charge in [-0.3, -0.25) is 14.5 Å². The van der Waals surface area contributed by atoms with E-state index in [0.717, 1.165) is 10.7 Å². The van der Waals surface area contributed by atoms with E-state index in [1.807, 2.05) is 0 Å². The highest BCUT2D eigenvalue weighted by molar-refractivity contribution is 6.02. The summed E-state index contributed by atoms with van der Waals surface area (Å²) in [5.41, 5.74) is -2.87. The standard InChI is InChI=1S/C19H14F6N4O/c1-11(14-6-5-12(18(20,21)22)8-15(14)19(23,24)25)29-10-13(9-27-29)28-17(30)16-4-2-3-7-26-16/h2-11H,1H3,(H,28,30)/t11-/m0/s1. The fourth-order valence-corrected chi connectivity index (χ4v) is 2.79. The van der Waals surface area contributed by atoms with Gasteiger partial charge in [0.15, 0.2) is 0 Å². The molecule has 2 aromatic heterocycles. The first-order chi connectivity index (χ1) is 14.0. The van der Waals surface area contributed by atoms with Gasteiger partial charge in [-0.2, -0.15) is 31.4 Å². The number of nitrogens with zero attached hydrogens (tertiary/aromatic N) is 3. The van der Waals surface area contributed by atoms with Gasteiger partial charge in [0.2, 0.25) is 0 Å². The molecule has 0 aliphatic heterocycles. The molecule has 5 nitrogen and oxygen atoms in total. The zero-order chi connectivity index (χ0) is 22.1. The molecule has 0 aliphatic rings. The number of carbonyl (C=O) groups is 1. The molecule has 30 heavy (non-hydrogen) atoms. The summed E-state index contributed by atoms with van der Waals surface area (Å²) in [7, 11) is 0. The van der Waals surface area contributed by atoms with Gasteiger partial charge in [0.05, 0.1) is 29.1 Å². The summed E-state index contributed by atoms with van der Waals surface area (Å²) in [6.07, 6.45) is -5.98. The molecular formula is C19H14F6N4O. The lowest BCUT2D eigenvalue weighted by Gasteiger charge is -2.20. The molecule has 0 unspecified atom stereocenters. The second kappa shape index (κ2) is 7.81. The predicted molar refractivity (Wildman–Crippen MR) is 94.7 cm³/mol. The van der Waals surface area contributed by atoms with E-state index in [9.17, 15) is 31.1 Å². The van der Waals surface area contributed by atoms with Crippen LogP contribution in [0.2, 0.25) is 0 Å². The molecule has 0 radical (unpaired) electrons. The highest BCUT2D eigenvalue weighted by Crippen LogP contribution is 2.39. The van der Waals surface area contributed by atoms with Gasteiger partial charge in [0, 0.05) is 12.4 Å². The predicted octanol–water partition coefficient (Wildman–Crippen LogP) is 5.18. The number of benzene rings is 1. The van der Waals surface area contributed by atoms with E-state index in [0.29, 0.717) is 6.07 Å². The maximum atomic E-state index is 13.4. The van der Waals surface area contributed by atoms with E-state index in [1.165, 1.54) is 31.6 Å². The maximum absolute atomic E-state index is 13.4. The Hall–Kier alpha value is -3.37. The van der Waals surface area contributed by atoms with E-state index in [2.05, 4.69) is 15.4 Å². The summed E-state index contributed by atoms with van der Waals surface area (Å²) in [5, 5.41) is 6.43. The summed E-state index contributed by atoms with van der Waals surface area (Å²) >= 11 is 0. The van der Waals surface area contributed by atoms with Crippen LogP contribution >= 0.6 is 0 Å². The van der Waals surface area contributed by atoms with Crippen molar-refractivity contribution in [1.82, 2.24) is 14.8 Å². The molecule has 0 saturated carbocycles. The Labute approximate surface area is 166 Å². The van der Waals surface area contributed by atoms with Crippen molar-refractivity contribution in [3.05, 3.63) is 77.4 Å². The molecule has 1 aromatic carbocycles. The molecule has 3 aromatic rings. The van der Waals surface area contributed by atoms with Crippen LogP contribution in [0.1, 0.15) is 40.1 Å². The van der Waals surface area contributed by atoms with Gasteiger partial charge in [-0.05, 0) is 36.8 Å². The summed E-state index contributed by atoms with van der Waals surface area (Å²) in [4.78, 5) is 16.0. The summed E-state index contributed by atoms with van der Waals surface area (Å²) in [5.74, 6) is -0.548. The smallest absolute Gasteiger partial charge is 0.318 e. The van der Waals surface area contributed by atoms with E-state index in [-0.39, 0.29) is 23.0 Å². The van der Waals surface area contributed by atoms with Gasteiger partial charge in [-0.1, -0.05) is 12.1 Å². The van der Waals surface area contributed by atoms with Crippen LogP contribution in [0, 0.1) is 0 Å². The number of pyridine rings is 1. The van der Waals surface area contributed by atoms with E-state index >= 15 is 0 Å². The maximum Gasteiger partial charge on any atom is 0.416 e. The molecule has 1 N–H and O–H groups in total. The van der Waals surface area contributed by atoms with Gasteiger partial charge >= 0.3 is 12.4 Å². The lowest BCUT2D eigenvalue weighted by molar-refractivity contribution is -0.143. The topological polar surface area (TPSA) is 59.8 Å². The minimum absolute atomic E-state index is 0.0824. The van der Waals surface area contributed by atoms with Crippen molar-refractivity contribution in [3.63, 3.8) is 0 Å². The number of nitrogens with one attached hydrogen (secondary N) is 1. The molecule has 0 spiro atoms. The Kier molecular flexibility index (Phi) is 5.55. The average Bonchev–Trinajstić information content (AvgIpc) is 3.14. The third-order valence-corrected chi connectivity index (χ3v) is 4.29. The van der Waals surface area contributed by atoms with Crippen LogP contribution in [0.25, 0.3) is 0 Å². The molecule has 3 rings (SSSR count). The number of carbonyl (C=O) groups excluding carboxylic acids is 1. The minimum Gasteiger partial charge on any atom is -0.318 e. The Morgan fingerprint density at radius 1 is 1.07 bits per heavy atom. The SMILES string of the molecule is C[C@@H](c1ccc(C(F)(F)F)cc1C(F)(F)F)n1cc(NC(=O)c2ccccn2)cn1. The monoisotopic (exact) mass is 428 g/mol. The third kappa shape index (κ3) is 4.61. The highest BCUT2D eigenvalue weighted by Gasteiger charge is 2.39. The Bertz CT molecular complexity index is 1040. The van der Waals surface area contributed by atoms with Crippen LogP contribution in [-0.2, 0) is 12.4 Å². The first-order valence-corrected chi connectivity index (χ1v) is 8.51. The van der Waals surface area contributed by atoms with Gasteiger partial charge in [-0.25, -0.2) is 0 Å². The van der Waals surface area contributed by atoms with Gasteiger partial charge in [-0.15, -0.1) is 0 Å². The number of halogens is 6. The second-order valence-electron chi connectivity index (χ2n) is 6.35. The largest absolute Gasteiger partial charge is 0.416 e. The lowest BCUT2D eigenvalue weighted by Crippen LogP contribution is -2.18. The van der Waals surface area contributed by atoms with Crippen LogP contribution in [0.4, 0.5) is 32.0 Å². The van der Waals surface area contributed by atoms with Crippen molar-refractivity contribution >= 4 is 11.6 Å². The molecule has 158 valence electrons. The molecule has 1 atom stereocenters. The minimum atomic E-state index is -4.99. The van der Waals surface area contributed by atoms with Crippen LogP contribution in [0.15, 0.2) is 55.0 Å². The molecule has 0 bridgehead atoms. The summed E-state index contributed by atoms with van der Waals surface area (Å²) in [6, 6.07) is 5.11. The van der Waals surface area contributed by atoms with Gasteiger partial charge in [0.1, 0.15) is 5.69 Å². The first kappa shape index (κ1) is 21.3. The van der Waals surface area contributed by atoms with Crippen LogP contribution in [-0.4, -0.2) is 20.7 Å². The number of amides is 1. The quantitative estimate of drug-likeness (QED) is 0.583. The van der Waals surface area contributed by atoms with Crippen LogP contribution in [0.3, 0.4) is 0 Å². The van der Waals surface area contributed by atoms with Crippen LogP contribution < -0.4 is 5.32 Å². The van der Waals surface area contributed by atoms with Gasteiger partial charge < -0.3 is 5.32 Å². The molecule has 1 amide bonds. The number of rotatable bonds is 4. The number of anilines is 1. The zero-order valence-corrected chi connectivity index (χ0v) is 15.3. The number of alkyl halides is 6. The number of hydrogen-bond donors (Lipinski definition) is 1. The molecule has 0 saturated heterocycles. The van der Waals surface area contributed by atoms with E-state index in [4.69, 9.17) is 0 Å². The van der Waals surface area contributed by atoms with Crippen molar-refractivity contribution in [2.75, 3.05) is 5.32 Å².